The maximum absolute atomic E-state index is 15.2. The van der Waals surface area contributed by atoms with Gasteiger partial charge in [-0.25, -0.2) is 9.37 Å². The minimum Gasteiger partial charge on any atom is -0.500 e. The van der Waals surface area contributed by atoms with Crippen LogP contribution in [0.25, 0.3) is 11.4 Å². The van der Waals surface area contributed by atoms with Gasteiger partial charge in [0, 0.05) is 54.6 Å². The molecule has 0 aliphatic carbocycles. The number of imidazole rings is 1. The van der Waals surface area contributed by atoms with E-state index in [9.17, 15) is 8.78 Å². The van der Waals surface area contributed by atoms with Gasteiger partial charge in [-0.05, 0) is 57.0 Å². The molecule has 0 saturated carbocycles. The summed E-state index contributed by atoms with van der Waals surface area (Å²) in [7, 11) is 1.60. The predicted molar refractivity (Wildman–Crippen MR) is 171 cm³/mol. The van der Waals surface area contributed by atoms with Gasteiger partial charge in [-0.3, -0.25) is 13.8 Å². The number of ether oxygens (including phenoxy) is 2. The number of benzene rings is 4. The van der Waals surface area contributed by atoms with Gasteiger partial charge in [-0.15, -0.1) is 12.1 Å². The average Bonchev–Trinajstić information content (AvgIpc) is 3.45. The second-order valence-electron chi connectivity index (χ2n) is 11.0. The van der Waals surface area contributed by atoms with Gasteiger partial charge in [0.05, 0.1) is 17.4 Å². The third kappa shape index (κ3) is 6.94. The SMILES string of the molecule is Cc1ccc(N(c2cc(Oc3ccccn3)[c-]c(Oc3[c-]c(-c4nccn4C)c(F)c(F)c3F)c2)c2ccc(C)cc2C)c(C)c1.[Pd+2]. The van der Waals surface area contributed by atoms with E-state index < -0.39 is 23.2 Å². The molecule has 0 aliphatic rings. The largest absolute Gasteiger partial charge is 2.00 e. The van der Waals surface area contributed by atoms with Crippen molar-refractivity contribution < 1.29 is 43.1 Å². The molecule has 0 fully saturated rings. The molecular formula is C37H29F3N4O2Pd. The molecule has 0 atom stereocenters. The first-order valence-corrected chi connectivity index (χ1v) is 14.4. The molecule has 6 nitrogen and oxygen atoms in total. The molecule has 6 aromatic rings. The third-order valence-corrected chi connectivity index (χ3v) is 7.40. The Morgan fingerprint density at radius 2 is 1.34 bits per heavy atom. The van der Waals surface area contributed by atoms with E-state index in [0.29, 0.717) is 5.69 Å². The van der Waals surface area contributed by atoms with Gasteiger partial charge in [0.1, 0.15) is 11.6 Å². The fraction of sp³-hybridized carbons (Fsp3) is 0.135. The maximum Gasteiger partial charge on any atom is 2.00 e. The second kappa shape index (κ2) is 13.8. The number of rotatable bonds is 8. The molecule has 0 unspecified atom stereocenters. The van der Waals surface area contributed by atoms with Crippen LogP contribution in [0.15, 0.2) is 85.3 Å². The van der Waals surface area contributed by atoms with Gasteiger partial charge in [-0.1, -0.05) is 64.8 Å². The van der Waals surface area contributed by atoms with Crippen LogP contribution in [-0.2, 0) is 27.5 Å². The molecule has 2 aromatic heterocycles. The zero-order chi connectivity index (χ0) is 32.5. The van der Waals surface area contributed by atoms with E-state index in [0.717, 1.165) is 33.6 Å². The molecule has 6 rings (SSSR count). The van der Waals surface area contributed by atoms with Crippen LogP contribution < -0.4 is 14.4 Å². The molecule has 0 bridgehead atoms. The van der Waals surface area contributed by atoms with Crippen LogP contribution in [-0.4, -0.2) is 14.5 Å². The van der Waals surface area contributed by atoms with Crippen molar-refractivity contribution in [3.8, 4) is 34.5 Å². The van der Waals surface area contributed by atoms with Gasteiger partial charge in [-0.2, -0.15) is 0 Å². The van der Waals surface area contributed by atoms with E-state index in [1.807, 2.05) is 56.9 Å². The van der Waals surface area contributed by atoms with E-state index in [-0.39, 0.29) is 49.2 Å². The molecule has 0 N–H and O–H groups in total. The van der Waals surface area contributed by atoms with Gasteiger partial charge >= 0.3 is 20.4 Å². The zero-order valence-corrected chi connectivity index (χ0v) is 27.7. The van der Waals surface area contributed by atoms with E-state index in [1.54, 1.807) is 49.8 Å². The summed E-state index contributed by atoms with van der Waals surface area (Å²) in [6.45, 7) is 8.07. The number of hydrogen-bond donors (Lipinski definition) is 0. The number of pyridine rings is 1. The van der Waals surface area contributed by atoms with Gasteiger partial charge < -0.3 is 18.9 Å². The van der Waals surface area contributed by atoms with E-state index in [4.69, 9.17) is 9.47 Å². The summed E-state index contributed by atoms with van der Waals surface area (Å²) < 4.78 is 58.5. The molecule has 240 valence electrons. The van der Waals surface area contributed by atoms with E-state index in [2.05, 4.69) is 34.2 Å². The maximum atomic E-state index is 15.2. The van der Waals surface area contributed by atoms with Crippen molar-refractivity contribution in [1.82, 2.24) is 14.5 Å². The minimum absolute atomic E-state index is 0. The van der Waals surface area contributed by atoms with Crippen molar-refractivity contribution in [3.05, 3.63) is 137 Å². The quantitative estimate of drug-likeness (QED) is 0.0889. The molecule has 2 heterocycles. The Bertz CT molecular complexity index is 2020. The topological polar surface area (TPSA) is 52.4 Å². The van der Waals surface area contributed by atoms with Crippen molar-refractivity contribution in [3.63, 3.8) is 0 Å². The van der Waals surface area contributed by atoms with Crippen LogP contribution in [0.3, 0.4) is 0 Å². The van der Waals surface area contributed by atoms with E-state index >= 15 is 4.39 Å². The number of aromatic nitrogens is 3. The molecule has 0 spiro atoms. The molecule has 0 saturated heterocycles. The Morgan fingerprint density at radius 1 is 0.702 bits per heavy atom. The molecule has 47 heavy (non-hydrogen) atoms. The Balaban J connectivity index is 0.00000433. The molecule has 0 amide bonds. The van der Waals surface area contributed by atoms with Gasteiger partial charge in [0.2, 0.25) is 5.88 Å². The Morgan fingerprint density at radius 3 is 1.89 bits per heavy atom. The monoisotopic (exact) mass is 724 g/mol. The summed E-state index contributed by atoms with van der Waals surface area (Å²) in [5, 5.41) is 0. The second-order valence-corrected chi connectivity index (χ2v) is 11.0. The Kier molecular flexibility index (Phi) is 9.85. The van der Waals surface area contributed by atoms with E-state index in [1.165, 1.54) is 10.8 Å². The van der Waals surface area contributed by atoms with Gasteiger partial charge in [0.15, 0.2) is 0 Å². The van der Waals surface area contributed by atoms with Crippen molar-refractivity contribution in [1.29, 1.82) is 0 Å². The number of anilines is 3. The van der Waals surface area contributed by atoms with Crippen LogP contribution in [0, 0.1) is 57.3 Å². The smallest absolute Gasteiger partial charge is 0.500 e. The summed E-state index contributed by atoms with van der Waals surface area (Å²) >= 11 is 0. The zero-order valence-electron chi connectivity index (χ0n) is 26.1. The molecular weight excluding hydrogens is 696 g/mol. The number of nitrogens with zero attached hydrogens (tertiary/aromatic N) is 4. The molecule has 4 aromatic carbocycles. The summed E-state index contributed by atoms with van der Waals surface area (Å²) in [6, 6.07) is 26.3. The van der Waals surface area contributed by atoms with Gasteiger partial charge in [0.25, 0.3) is 0 Å². The molecule has 0 radical (unpaired) electrons. The van der Waals surface area contributed by atoms with Crippen molar-refractivity contribution in [2.45, 2.75) is 27.7 Å². The summed E-state index contributed by atoms with van der Waals surface area (Å²) in [5.74, 6) is -4.84. The first-order chi connectivity index (χ1) is 22.1. The van der Waals surface area contributed by atoms with Crippen molar-refractivity contribution in [2.75, 3.05) is 4.90 Å². The number of hydrogen-bond acceptors (Lipinski definition) is 5. The summed E-state index contributed by atoms with van der Waals surface area (Å²) in [5.41, 5.74) is 6.14. The van der Waals surface area contributed by atoms with Crippen LogP contribution in [0.4, 0.5) is 30.2 Å². The fourth-order valence-electron chi connectivity index (χ4n) is 5.25. The van der Waals surface area contributed by atoms with Crippen LogP contribution in [0.1, 0.15) is 22.3 Å². The predicted octanol–water partition coefficient (Wildman–Crippen LogP) is 9.79. The van der Waals surface area contributed by atoms with Crippen molar-refractivity contribution in [2.24, 2.45) is 7.05 Å². The standard InChI is InChI=1S/C37H29F3N4O2.Pd/c1-22-9-11-30(24(3)16-22)44(31-12-10-23(2)17-25(31)4)26-18-27(20-28(19-26)46-33-8-6-7-13-41-33)45-32-21-29(34(38)36(40)35(32)39)37-42-14-15-43(37)5;/h6-19H,1-5H3;/q-2;+2. The van der Waals surface area contributed by atoms with Crippen LogP contribution >= 0.6 is 0 Å². The Labute approximate surface area is 285 Å². The normalized spacial score (nSPS) is 10.8. The molecule has 0 aliphatic heterocycles. The number of halogens is 3. The average molecular weight is 725 g/mol. The summed E-state index contributed by atoms with van der Waals surface area (Å²) in [4.78, 5) is 10.3. The van der Waals surface area contributed by atoms with Crippen molar-refractivity contribution >= 4 is 17.1 Å². The van der Waals surface area contributed by atoms with Crippen LogP contribution in [0.2, 0.25) is 0 Å². The fourth-order valence-corrected chi connectivity index (χ4v) is 5.25. The minimum atomic E-state index is -1.71. The third-order valence-electron chi connectivity index (χ3n) is 7.40. The number of aryl methyl sites for hydroxylation is 5. The Hall–Kier alpha value is -4.91. The summed E-state index contributed by atoms with van der Waals surface area (Å²) in [6.07, 6.45) is 4.55. The first-order valence-electron chi connectivity index (χ1n) is 14.4. The first kappa shape index (κ1) is 33.5. The van der Waals surface area contributed by atoms with Crippen LogP contribution in [0.5, 0.6) is 23.1 Å². The molecule has 10 heteroatoms.